The lowest BCUT2D eigenvalue weighted by molar-refractivity contribution is 0.214. The van der Waals surface area contributed by atoms with E-state index in [2.05, 4.69) is 35.0 Å². The van der Waals surface area contributed by atoms with E-state index in [0.717, 1.165) is 24.2 Å². The van der Waals surface area contributed by atoms with Crippen LogP contribution in [0.2, 0.25) is 0 Å². The molecule has 1 aromatic rings. The van der Waals surface area contributed by atoms with Crippen LogP contribution in [0.15, 0.2) is 47.4 Å². The van der Waals surface area contributed by atoms with Gasteiger partial charge in [0.2, 0.25) is 0 Å². The number of hydrogen-bond donors (Lipinski definition) is 1. The number of nitrogens with two attached hydrogens (primary N) is 1. The summed E-state index contributed by atoms with van der Waals surface area (Å²) in [5.74, 6) is -0.583. The van der Waals surface area contributed by atoms with Gasteiger partial charge in [-0.3, -0.25) is 9.88 Å². The zero-order valence-corrected chi connectivity index (χ0v) is 14.0. The summed E-state index contributed by atoms with van der Waals surface area (Å²) in [7, 11) is 0. The standard InChI is InChI=1S/C19H18N6/c1-2-25-8-5-14-15(9-20)18(23)19(11-21,12-22)17(16(14)10-25)13-3-6-24-7-4-13/h3-7,16-17H,2,8,10,23H2,1H3. The van der Waals surface area contributed by atoms with Crippen LogP contribution >= 0.6 is 0 Å². The average Bonchev–Trinajstić information content (AvgIpc) is 2.67. The summed E-state index contributed by atoms with van der Waals surface area (Å²) >= 11 is 0. The molecule has 3 rings (SSSR count). The number of aromatic nitrogens is 1. The van der Waals surface area contributed by atoms with Crippen LogP contribution in [-0.4, -0.2) is 29.5 Å². The molecule has 124 valence electrons. The topological polar surface area (TPSA) is 114 Å². The zero-order chi connectivity index (χ0) is 18.0. The monoisotopic (exact) mass is 330 g/mol. The molecule has 0 bridgehead atoms. The fourth-order valence-electron chi connectivity index (χ4n) is 3.94. The molecule has 2 unspecified atom stereocenters. The van der Waals surface area contributed by atoms with Gasteiger partial charge in [-0.15, -0.1) is 0 Å². The average molecular weight is 330 g/mol. The Morgan fingerprint density at radius 1 is 1.28 bits per heavy atom. The third-order valence-electron chi connectivity index (χ3n) is 5.25. The Bertz CT molecular complexity index is 848. The largest absolute Gasteiger partial charge is 0.399 e. The molecule has 2 N–H and O–H groups in total. The third kappa shape index (κ3) is 2.38. The predicted octanol–water partition coefficient (Wildman–Crippen LogP) is 1.83. The summed E-state index contributed by atoms with van der Waals surface area (Å²) < 4.78 is 0. The Hall–Kier alpha value is -3.14. The fourth-order valence-corrected chi connectivity index (χ4v) is 3.94. The number of nitrogens with zero attached hydrogens (tertiary/aromatic N) is 5. The summed E-state index contributed by atoms with van der Waals surface area (Å²) in [5, 5.41) is 29.5. The molecular weight excluding hydrogens is 312 g/mol. The quantitative estimate of drug-likeness (QED) is 0.885. The van der Waals surface area contributed by atoms with Crippen molar-refractivity contribution in [2.75, 3.05) is 19.6 Å². The molecule has 1 aliphatic heterocycles. The van der Waals surface area contributed by atoms with Crippen molar-refractivity contribution in [3.05, 3.63) is 53.0 Å². The smallest absolute Gasteiger partial charge is 0.191 e. The summed E-state index contributed by atoms with van der Waals surface area (Å²) in [6.07, 6.45) is 5.31. The summed E-state index contributed by atoms with van der Waals surface area (Å²) in [5.41, 5.74) is 6.71. The first-order valence-corrected chi connectivity index (χ1v) is 8.18. The van der Waals surface area contributed by atoms with E-state index in [-0.39, 0.29) is 17.2 Å². The molecule has 0 aromatic carbocycles. The number of nitriles is 3. The van der Waals surface area contributed by atoms with Gasteiger partial charge in [0.05, 0.1) is 23.4 Å². The minimum Gasteiger partial charge on any atom is -0.399 e. The molecule has 2 heterocycles. The van der Waals surface area contributed by atoms with E-state index < -0.39 is 11.3 Å². The Balaban J connectivity index is 2.30. The molecule has 6 heteroatoms. The molecule has 0 amide bonds. The van der Waals surface area contributed by atoms with Crippen LogP contribution in [0.4, 0.5) is 0 Å². The van der Waals surface area contributed by atoms with Crippen molar-refractivity contribution in [2.45, 2.75) is 12.8 Å². The van der Waals surface area contributed by atoms with Gasteiger partial charge in [0.25, 0.3) is 0 Å². The second-order valence-electron chi connectivity index (χ2n) is 6.31. The van der Waals surface area contributed by atoms with Crippen LogP contribution in [0.3, 0.4) is 0 Å². The van der Waals surface area contributed by atoms with Crippen molar-refractivity contribution >= 4 is 0 Å². The maximum atomic E-state index is 9.93. The van der Waals surface area contributed by atoms with E-state index in [1.54, 1.807) is 12.4 Å². The summed E-state index contributed by atoms with van der Waals surface area (Å²) in [4.78, 5) is 6.27. The van der Waals surface area contributed by atoms with E-state index in [1.807, 2.05) is 18.2 Å². The lowest BCUT2D eigenvalue weighted by Crippen LogP contribution is -2.48. The number of pyridine rings is 1. The molecular formula is C19H18N6. The Labute approximate surface area is 147 Å². The van der Waals surface area contributed by atoms with Crippen LogP contribution in [0.5, 0.6) is 0 Å². The highest BCUT2D eigenvalue weighted by atomic mass is 15.1. The van der Waals surface area contributed by atoms with Crippen LogP contribution in [0, 0.1) is 45.3 Å². The number of rotatable bonds is 2. The number of allylic oxidation sites excluding steroid dienone is 2. The van der Waals surface area contributed by atoms with Crippen LogP contribution < -0.4 is 5.73 Å². The van der Waals surface area contributed by atoms with Gasteiger partial charge < -0.3 is 5.73 Å². The van der Waals surface area contributed by atoms with Crippen molar-refractivity contribution in [2.24, 2.45) is 17.1 Å². The molecule has 2 aliphatic rings. The van der Waals surface area contributed by atoms with Gasteiger partial charge in [0.1, 0.15) is 6.07 Å². The zero-order valence-electron chi connectivity index (χ0n) is 14.0. The van der Waals surface area contributed by atoms with E-state index >= 15 is 0 Å². The molecule has 0 spiro atoms. The molecule has 0 saturated carbocycles. The first-order valence-electron chi connectivity index (χ1n) is 8.18. The van der Waals surface area contributed by atoms with E-state index in [1.165, 1.54) is 0 Å². The molecule has 1 aliphatic carbocycles. The molecule has 6 nitrogen and oxygen atoms in total. The van der Waals surface area contributed by atoms with Gasteiger partial charge in [-0.2, -0.15) is 15.8 Å². The maximum Gasteiger partial charge on any atom is 0.191 e. The van der Waals surface area contributed by atoms with E-state index in [9.17, 15) is 15.8 Å². The number of likely N-dealkylation sites (N-methyl/N-ethyl adjacent to an activating group) is 1. The van der Waals surface area contributed by atoms with Crippen LogP contribution in [0.25, 0.3) is 0 Å². The second kappa shape index (κ2) is 6.40. The molecule has 0 saturated heterocycles. The highest BCUT2D eigenvalue weighted by molar-refractivity contribution is 5.59. The fraction of sp³-hybridized carbons (Fsp3) is 0.368. The third-order valence-corrected chi connectivity index (χ3v) is 5.25. The molecule has 25 heavy (non-hydrogen) atoms. The molecule has 0 fully saturated rings. The van der Waals surface area contributed by atoms with Gasteiger partial charge in [-0.25, -0.2) is 0 Å². The lowest BCUT2D eigenvalue weighted by atomic mass is 9.58. The highest BCUT2D eigenvalue weighted by Crippen LogP contribution is 2.53. The number of fused-ring (bicyclic) bond motifs is 1. The first-order chi connectivity index (χ1) is 12.1. The van der Waals surface area contributed by atoms with Crippen molar-refractivity contribution < 1.29 is 0 Å². The van der Waals surface area contributed by atoms with Gasteiger partial charge >= 0.3 is 0 Å². The van der Waals surface area contributed by atoms with Gasteiger partial charge in [-0.05, 0) is 29.8 Å². The van der Waals surface area contributed by atoms with E-state index in [4.69, 9.17) is 5.73 Å². The molecule has 0 radical (unpaired) electrons. The summed E-state index contributed by atoms with van der Waals surface area (Å²) in [6.45, 7) is 4.34. The number of hydrogen-bond acceptors (Lipinski definition) is 6. The summed E-state index contributed by atoms with van der Waals surface area (Å²) in [6, 6.07) is 10.0. The lowest BCUT2D eigenvalue weighted by Gasteiger charge is -2.45. The van der Waals surface area contributed by atoms with Crippen LogP contribution in [0.1, 0.15) is 18.4 Å². The Kier molecular flexibility index (Phi) is 4.28. The minimum atomic E-state index is -1.56. The second-order valence-corrected chi connectivity index (χ2v) is 6.31. The van der Waals surface area contributed by atoms with Crippen molar-refractivity contribution in [1.29, 1.82) is 15.8 Å². The highest BCUT2D eigenvalue weighted by Gasteiger charge is 2.54. The first kappa shape index (κ1) is 16.7. The minimum absolute atomic E-state index is 0.0641. The predicted molar refractivity (Wildman–Crippen MR) is 91.2 cm³/mol. The van der Waals surface area contributed by atoms with Crippen molar-refractivity contribution in [1.82, 2.24) is 9.88 Å². The van der Waals surface area contributed by atoms with Gasteiger partial charge in [-0.1, -0.05) is 13.0 Å². The van der Waals surface area contributed by atoms with Gasteiger partial charge in [0, 0.05) is 37.3 Å². The van der Waals surface area contributed by atoms with E-state index in [0.29, 0.717) is 6.54 Å². The molecule has 2 atom stereocenters. The van der Waals surface area contributed by atoms with Crippen molar-refractivity contribution in [3.63, 3.8) is 0 Å². The maximum absolute atomic E-state index is 9.93. The molecule has 1 aromatic heterocycles. The normalized spacial score (nSPS) is 25.1. The van der Waals surface area contributed by atoms with Gasteiger partial charge in [0.15, 0.2) is 5.41 Å². The Morgan fingerprint density at radius 2 is 1.96 bits per heavy atom. The Morgan fingerprint density at radius 3 is 2.52 bits per heavy atom. The van der Waals surface area contributed by atoms with Crippen molar-refractivity contribution in [3.8, 4) is 18.2 Å². The van der Waals surface area contributed by atoms with Crippen LogP contribution in [-0.2, 0) is 0 Å². The SMILES string of the molecule is CCN1CC=C2C(C#N)=C(N)C(C#N)(C#N)C(c3ccncc3)C2C1.